The second-order valence-corrected chi connectivity index (χ2v) is 4.26. The highest BCUT2D eigenvalue weighted by Gasteiger charge is 2.14. The van der Waals surface area contributed by atoms with Gasteiger partial charge in [0, 0.05) is 12.6 Å². The van der Waals surface area contributed by atoms with Gasteiger partial charge in [-0.2, -0.15) is 0 Å². The van der Waals surface area contributed by atoms with Crippen molar-refractivity contribution in [3.8, 4) is 0 Å². The van der Waals surface area contributed by atoms with Gasteiger partial charge < -0.3 is 10.5 Å². The number of nitrogens with two attached hydrogens (primary N) is 1. The number of hydrogen-bond acceptors (Lipinski definition) is 4. The summed E-state index contributed by atoms with van der Waals surface area (Å²) in [4.78, 5) is 15.8. The van der Waals surface area contributed by atoms with Crippen LogP contribution in [0.2, 0.25) is 0 Å². The molecule has 2 aromatic rings. The van der Waals surface area contributed by atoms with Crippen molar-refractivity contribution in [1.29, 1.82) is 0 Å². The monoisotopic (exact) mass is 256 g/mol. The Bertz CT molecular complexity index is 547. The highest BCUT2D eigenvalue weighted by molar-refractivity contribution is 5.95. The van der Waals surface area contributed by atoms with Crippen molar-refractivity contribution in [3.63, 3.8) is 0 Å². The van der Waals surface area contributed by atoms with Crippen molar-refractivity contribution >= 4 is 11.8 Å². The van der Waals surface area contributed by atoms with E-state index in [4.69, 9.17) is 10.5 Å². The molecule has 4 nitrogen and oxygen atoms in total. The van der Waals surface area contributed by atoms with Crippen molar-refractivity contribution in [2.45, 2.75) is 13.3 Å². The molecule has 0 aliphatic rings. The molecule has 0 atom stereocenters. The van der Waals surface area contributed by atoms with Crippen LogP contribution in [0.4, 0.5) is 5.82 Å². The number of hydrogen-bond donors (Lipinski definition) is 1. The SMILES string of the molecule is Cc1ccnc(N)c1C(=O)OCCc1ccccc1. The van der Waals surface area contributed by atoms with E-state index in [2.05, 4.69) is 4.98 Å². The zero-order valence-electron chi connectivity index (χ0n) is 10.8. The Morgan fingerprint density at radius 2 is 2.00 bits per heavy atom. The minimum Gasteiger partial charge on any atom is -0.462 e. The molecule has 0 bridgehead atoms. The van der Waals surface area contributed by atoms with Crippen LogP contribution in [0.5, 0.6) is 0 Å². The van der Waals surface area contributed by atoms with Crippen LogP contribution in [0.1, 0.15) is 21.5 Å². The van der Waals surface area contributed by atoms with E-state index >= 15 is 0 Å². The van der Waals surface area contributed by atoms with E-state index in [-0.39, 0.29) is 5.82 Å². The third kappa shape index (κ3) is 3.31. The van der Waals surface area contributed by atoms with Crippen molar-refractivity contribution in [3.05, 3.63) is 59.3 Å². The van der Waals surface area contributed by atoms with Crippen molar-refractivity contribution in [2.24, 2.45) is 0 Å². The minimum absolute atomic E-state index is 0.213. The first-order valence-corrected chi connectivity index (χ1v) is 6.10. The predicted octanol–water partition coefficient (Wildman–Crippen LogP) is 2.37. The van der Waals surface area contributed by atoms with E-state index < -0.39 is 5.97 Å². The summed E-state index contributed by atoms with van der Waals surface area (Å²) in [6.45, 7) is 2.14. The number of nitrogen functional groups attached to an aromatic ring is 1. The predicted molar refractivity (Wildman–Crippen MR) is 73.8 cm³/mol. The second kappa shape index (κ2) is 6.00. The van der Waals surface area contributed by atoms with Crippen LogP contribution in [-0.2, 0) is 11.2 Å². The number of rotatable bonds is 4. The van der Waals surface area contributed by atoms with Gasteiger partial charge in [-0.3, -0.25) is 0 Å². The molecule has 98 valence electrons. The fraction of sp³-hybridized carbons (Fsp3) is 0.200. The molecule has 0 spiro atoms. The standard InChI is InChI=1S/C15H16N2O2/c1-11-7-9-17-14(16)13(11)15(18)19-10-8-12-5-3-2-4-6-12/h2-7,9H,8,10H2,1H3,(H2,16,17). The van der Waals surface area contributed by atoms with Gasteiger partial charge in [-0.15, -0.1) is 0 Å². The third-order valence-corrected chi connectivity index (χ3v) is 2.86. The first-order valence-electron chi connectivity index (χ1n) is 6.10. The molecule has 2 N–H and O–H groups in total. The summed E-state index contributed by atoms with van der Waals surface area (Å²) in [5.41, 5.74) is 7.96. The zero-order chi connectivity index (χ0) is 13.7. The van der Waals surface area contributed by atoms with Gasteiger partial charge in [0.1, 0.15) is 11.4 Å². The average Bonchev–Trinajstić information content (AvgIpc) is 2.40. The molecule has 2 rings (SSSR count). The summed E-state index contributed by atoms with van der Waals surface area (Å²) >= 11 is 0. The number of anilines is 1. The Labute approximate surface area is 112 Å². The number of ether oxygens (including phenoxy) is 1. The van der Waals surface area contributed by atoms with Gasteiger partial charge in [0.15, 0.2) is 0 Å². The Morgan fingerprint density at radius 1 is 1.26 bits per heavy atom. The number of carbonyl (C=O) groups is 1. The quantitative estimate of drug-likeness (QED) is 0.853. The van der Waals surface area contributed by atoms with Gasteiger partial charge in [0.2, 0.25) is 0 Å². The molecule has 19 heavy (non-hydrogen) atoms. The summed E-state index contributed by atoms with van der Waals surface area (Å²) in [5.74, 6) is -0.205. The first kappa shape index (κ1) is 13.1. The van der Waals surface area contributed by atoms with Crippen LogP contribution < -0.4 is 5.73 Å². The van der Waals surface area contributed by atoms with E-state index in [1.807, 2.05) is 37.3 Å². The topological polar surface area (TPSA) is 65.2 Å². The fourth-order valence-electron chi connectivity index (χ4n) is 1.82. The van der Waals surface area contributed by atoms with E-state index in [0.717, 1.165) is 11.1 Å². The number of benzene rings is 1. The van der Waals surface area contributed by atoms with E-state index in [0.29, 0.717) is 18.6 Å². The Hall–Kier alpha value is -2.36. The van der Waals surface area contributed by atoms with Gasteiger partial charge in [0.05, 0.1) is 6.61 Å². The summed E-state index contributed by atoms with van der Waals surface area (Å²) in [6.07, 6.45) is 2.26. The molecule has 0 radical (unpaired) electrons. The van der Waals surface area contributed by atoms with Gasteiger partial charge in [0.25, 0.3) is 0 Å². The third-order valence-electron chi connectivity index (χ3n) is 2.86. The Balaban J connectivity index is 1.95. The van der Waals surface area contributed by atoms with Crippen molar-refractivity contribution < 1.29 is 9.53 Å². The lowest BCUT2D eigenvalue weighted by molar-refractivity contribution is 0.0509. The molecule has 0 saturated carbocycles. The number of nitrogens with zero attached hydrogens (tertiary/aromatic N) is 1. The molecule has 0 aliphatic carbocycles. The maximum absolute atomic E-state index is 11.9. The number of aromatic nitrogens is 1. The van der Waals surface area contributed by atoms with Gasteiger partial charge in [-0.05, 0) is 24.1 Å². The van der Waals surface area contributed by atoms with Crippen LogP contribution >= 0.6 is 0 Å². The molecule has 1 aromatic carbocycles. The molecule has 0 unspecified atom stereocenters. The summed E-state index contributed by atoms with van der Waals surface area (Å²) in [6, 6.07) is 11.6. The number of pyridine rings is 1. The molecule has 1 aromatic heterocycles. The normalized spacial score (nSPS) is 10.2. The van der Waals surface area contributed by atoms with E-state index in [9.17, 15) is 4.79 Å². The van der Waals surface area contributed by atoms with Crippen LogP contribution in [0, 0.1) is 6.92 Å². The highest BCUT2D eigenvalue weighted by atomic mass is 16.5. The molecule has 1 heterocycles. The van der Waals surface area contributed by atoms with Crippen LogP contribution in [0.25, 0.3) is 0 Å². The smallest absolute Gasteiger partial charge is 0.342 e. The fourth-order valence-corrected chi connectivity index (χ4v) is 1.82. The first-order chi connectivity index (χ1) is 9.18. The molecule has 0 fully saturated rings. The molecule has 0 aliphatic heterocycles. The summed E-state index contributed by atoms with van der Waals surface area (Å²) in [5, 5.41) is 0. The van der Waals surface area contributed by atoms with Gasteiger partial charge >= 0.3 is 5.97 Å². The lowest BCUT2D eigenvalue weighted by Gasteiger charge is -2.08. The number of aryl methyl sites for hydroxylation is 1. The molecule has 4 heteroatoms. The molecular formula is C15H16N2O2. The average molecular weight is 256 g/mol. The zero-order valence-corrected chi connectivity index (χ0v) is 10.8. The van der Waals surface area contributed by atoms with Crippen molar-refractivity contribution in [1.82, 2.24) is 4.98 Å². The summed E-state index contributed by atoms with van der Waals surface area (Å²) in [7, 11) is 0. The van der Waals surface area contributed by atoms with Crippen LogP contribution in [0.3, 0.4) is 0 Å². The van der Waals surface area contributed by atoms with Crippen LogP contribution in [0.15, 0.2) is 42.6 Å². The van der Waals surface area contributed by atoms with E-state index in [1.165, 1.54) is 0 Å². The van der Waals surface area contributed by atoms with E-state index in [1.54, 1.807) is 12.3 Å². The number of carbonyl (C=O) groups excluding carboxylic acids is 1. The minimum atomic E-state index is -0.418. The molecular weight excluding hydrogens is 240 g/mol. The lowest BCUT2D eigenvalue weighted by atomic mass is 10.1. The maximum Gasteiger partial charge on any atom is 0.342 e. The van der Waals surface area contributed by atoms with Gasteiger partial charge in [-0.1, -0.05) is 30.3 Å². The number of esters is 1. The largest absolute Gasteiger partial charge is 0.462 e. The molecule has 0 saturated heterocycles. The van der Waals surface area contributed by atoms with Crippen molar-refractivity contribution in [2.75, 3.05) is 12.3 Å². The lowest BCUT2D eigenvalue weighted by Crippen LogP contribution is -2.13. The highest BCUT2D eigenvalue weighted by Crippen LogP contribution is 2.14. The maximum atomic E-state index is 11.9. The second-order valence-electron chi connectivity index (χ2n) is 4.26. The molecule has 0 amide bonds. The Kier molecular flexibility index (Phi) is 4.13. The van der Waals surface area contributed by atoms with Crippen LogP contribution in [-0.4, -0.2) is 17.6 Å². The Morgan fingerprint density at radius 3 is 2.68 bits per heavy atom. The summed E-state index contributed by atoms with van der Waals surface area (Å²) < 4.78 is 5.23. The van der Waals surface area contributed by atoms with Gasteiger partial charge in [-0.25, -0.2) is 9.78 Å².